The van der Waals surface area contributed by atoms with Crippen molar-refractivity contribution in [1.82, 2.24) is 15.1 Å². The van der Waals surface area contributed by atoms with Gasteiger partial charge in [-0.2, -0.15) is 0 Å². The third-order valence-electron chi connectivity index (χ3n) is 8.01. The molecule has 1 N–H and O–H groups in total. The second-order valence-electron chi connectivity index (χ2n) is 10.7. The molecule has 0 unspecified atom stereocenters. The Kier molecular flexibility index (Phi) is 10.4. The maximum absolute atomic E-state index is 11.9. The van der Waals surface area contributed by atoms with E-state index in [1.165, 1.54) is 29.2 Å². The number of rotatable bonds is 7. The highest BCUT2D eigenvalue weighted by molar-refractivity contribution is 6.33. The molecule has 0 bridgehead atoms. The van der Waals surface area contributed by atoms with Gasteiger partial charge in [0.15, 0.2) is 0 Å². The molecule has 1 aromatic rings. The minimum Gasteiger partial charge on any atom is -0.371 e. The number of aryl methyl sites for hydroxylation is 1. The maximum atomic E-state index is 11.9. The van der Waals surface area contributed by atoms with Crippen LogP contribution in [0.25, 0.3) is 5.57 Å². The van der Waals surface area contributed by atoms with Gasteiger partial charge in [-0.15, -0.1) is 0 Å². The fourth-order valence-electron chi connectivity index (χ4n) is 5.85. The summed E-state index contributed by atoms with van der Waals surface area (Å²) in [6.07, 6.45) is 16.4. The van der Waals surface area contributed by atoms with Crippen LogP contribution in [0.15, 0.2) is 70.9 Å². The molecule has 38 heavy (non-hydrogen) atoms. The van der Waals surface area contributed by atoms with Crippen LogP contribution in [0.1, 0.15) is 69.4 Å². The lowest BCUT2D eigenvalue weighted by atomic mass is 9.92. The highest BCUT2D eigenvalue weighted by Gasteiger charge is 2.32. The van der Waals surface area contributed by atoms with Crippen LogP contribution in [0.2, 0.25) is 0 Å². The minimum absolute atomic E-state index is 0.0464. The Hall–Kier alpha value is -2.63. The molecule has 0 spiro atoms. The summed E-state index contributed by atoms with van der Waals surface area (Å²) in [6, 6.07) is 9.55. The molecule has 5 nitrogen and oxygen atoms in total. The number of amides is 1. The van der Waals surface area contributed by atoms with E-state index >= 15 is 0 Å². The van der Waals surface area contributed by atoms with Crippen molar-refractivity contribution in [3.05, 3.63) is 77.0 Å². The molecule has 2 atom stereocenters. The monoisotopic (exact) mass is 534 g/mol. The highest BCUT2D eigenvalue weighted by atomic mass is 35.5. The van der Waals surface area contributed by atoms with Crippen LogP contribution < -0.4 is 5.32 Å². The summed E-state index contributed by atoms with van der Waals surface area (Å²) in [5.41, 5.74) is 4.81. The first kappa shape index (κ1) is 28.4. The molecular formula is C32H43ClN4O. The van der Waals surface area contributed by atoms with Crippen molar-refractivity contribution in [3.63, 3.8) is 0 Å². The molecule has 2 heterocycles. The fourth-order valence-corrected chi connectivity index (χ4v) is 6.08. The Morgan fingerprint density at radius 1 is 1.21 bits per heavy atom. The van der Waals surface area contributed by atoms with Crippen LogP contribution in [0.5, 0.6) is 0 Å². The Labute approximate surface area is 234 Å². The highest BCUT2D eigenvalue weighted by Crippen LogP contribution is 2.34. The van der Waals surface area contributed by atoms with E-state index in [-0.39, 0.29) is 5.91 Å². The van der Waals surface area contributed by atoms with E-state index in [4.69, 9.17) is 16.6 Å². The molecule has 0 radical (unpaired) electrons. The summed E-state index contributed by atoms with van der Waals surface area (Å²) < 4.78 is 0. The summed E-state index contributed by atoms with van der Waals surface area (Å²) in [5.74, 6) is 1.09. The molecule has 6 heteroatoms. The van der Waals surface area contributed by atoms with E-state index in [2.05, 4.69) is 67.1 Å². The van der Waals surface area contributed by atoms with Crippen molar-refractivity contribution < 1.29 is 4.79 Å². The molecule has 2 fully saturated rings. The molecule has 1 saturated carbocycles. The van der Waals surface area contributed by atoms with E-state index < -0.39 is 0 Å². The van der Waals surface area contributed by atoms with Gasteiger partial charge in [0.2, 0.25) is 5.91 Å². The quantitative estimate of drug-likeness (QED) is 0.400. The molecule has 4 rings (SSSR count). The van der Waals surface area contributed by atoms with E-state index in [0.29, 0.717) is 17.1 Å². The number of hydrogen-bond donors (Lipinski definition) is 1. The molecule has 3 aliphatic rings. The van der Waals surface area contributed by atoms with Crippen molar-refractivity contribution in [2.75, 3.05) is 26.2 Å². The topological polar surface area (TPSA) is 47.9 Å². The van der Waals surface area contributed by atoms with E-state index in [1.54, 1.807) is 0 Å². The van der Waals surface area contributed by atoms with Crippen molar-refractivity contribution >= 4 is 28.9 Å². The number of hydrogen-bond acceptors (Lipinski definition) is 4. The first-order valence-electron chi connectivity index (χ1n) is 14.3. The van der Waals surface area contributed by atoms with Gasteiger partial charge in [0.05, 0.1) is 5.03 Å². The number of allylic oxidation sites excluding steroid dienone is 5. The van der Waals surface area contributed by atoms with Crippen LogP contribution in [-0.4, -0.2) is 59.8 Å². The zero-order valence-corrected chi connectivity index (χ0v) is 23.8. The number of amidine groups is 1. The Morgan fingerprint density at radius 3 is 2.74 bits per heavy atom. The zero-order valence-electron chi connectivity index (χ0n) is 23.1. The first-order chi connectivity index (χ1) is 18.5. The van der Waals surface area contributed by atoms with Gasteiger partial charge in [-0.25, -0.2) is 4.99 Å². The van der Waals surface area contributed by atoms with Crippen molar-refractivity contribution in [2.45, 2.75) is 77.3 Å². The number of benzene rings is 1. The lowest BCUT2D eigenvalue weighted by Gasteiger charge is -2.37. The lowest BCUT2D eigenvalue weighted by Crippen LogP contribution is -2.51. The zero-order chi connectivity index (χ0) is 26.9. The largest absolute Gasteiger partial charge is 0.371 e. The second kappa shape index (κ2) is 14.0. The third-order valence-corrected chi connectivity index (χ3v) is 8.31. The summed E-state index contributed by atoms with van der Waals surface area (Å²) >= 11 is 6.94. The molecule has 0 aromatic heterocycles. The maximum Gasteiger partial charge on any atom is 0.246 e. The smallest absolute Gasteiger partial charge is 0.246 e. The van der Waals surface area contributed by atoms with Crippen LogP contribution in [0.4, 0.5) is 0 Å². The summed E-state index contributed by atoms with van der Waals surface area (Å²) in [6.45, 7) is 11.5. The SMILES string of the molecule is C=CC(=O)N1CCN([C@@H]2CC[C@H](N/C3=N/C=C(Cl)\C(C(=C\CCC)\c4ccccc4C)=C/CCC3)C2)CC1. The number of carbonyl (C=O) groups is 1. The van der Waals surface area contributed by atoms with Crippen LogP contribution >= 0.6 is 11.6 Å². The normalized spacial score (nSPS) is 27.6. The molecule has 2 aliphatic heterocycles. The van der Waals surface area contributed by atoms with Gasteiger partial charge in [-0.1, -0.05) is 67.9 Å². The molecule has 1 aliphatic carbocycles. The van der Waals surface area contributed by atoms with Gasteiger partial charge < -0.3 is 10.2 Å². The Morgan fingerprint density at radius 2 is 2.00 bits per heavy atom. The van der Waals surface area contributed by atoms with Crippen molar-refractivity contribution in [2.24, 2.45) is 4.99 Å². The van der Waals surface area contributed by atoms with Gasteiger partial charge in [0, 0.05) is 50.9 Å². The van der Waals surface area contributed by atoms with E-state index in [1.807, 2.05) is 11.1 Å². The van der Waals surface area contributed by atoms with E-state index in [9.17, 15) is 4.79 Å². The predicted octanol–water partition coefficient (Wildman–Crippen LogP) is 6.61. The second-order valence-corrected chi connectivity index (χ2v) is 11.1. The number of aliphatic imine (C=N–C) groups is 1. The number of piperazine rings is 1. The van der Waals surface area contributed by atoms with Crippen molar-refractivity contribution in [1.29, 1.82) is 0 Å². The number of carbonyl (C=O) groups excluding carboxylic acids is 1. The first-order valence-corrected chi connectivity index (χ1v) is 14.7. The number of unbranched alkanes of at least 4 members (excludes halogenated alkanes) is 1. The number of halogens is 1. The Balaban J connectivity index is 1.41. The Bertz CT molecular complexity index is 1110. The van der Waals surface area contributed by atoms with Gasteiger partial charge in [0.25, 0.3) is 0 Å². The van der Waals surface area contributed by atoms with Gasteiger partial charge in [-0.3, -0.25) is 9.69 Å². The summed E-state index contributed by atoms with van der Waals surface area (Å²) in [4.78, 5) is 21.2. The standard InChI is InChI=1S/C32H43ClN4O/c1-4-6-12-28(27-13-8-7-11-24(27)3)29-14-9-10-15-31(34-23-30(29)33)35-25-16-17-26(22-25)36-18-20-37(21-19-36)32(38)5-2/h5,7-8,11-14,23,25-26H,2,4,6,9-10,15-22H2,1,3H3,(H,34,35)/b28-12+,29-14-,30-23+/t25-,26+/m0/s1. The fraction of sp³-hybridized carbons (Fsp3) is 0.500. The summed E-state index contributed by atoms with van der Waals surface area (Å²) in [7, 11) is 0. The average Bonchev–Trinajstić information content (AvgIpc) is 3.43. The lowest BCUT2D eigenvalue weighted by molar-refractivity contribution is -0.128. The van der Waals surface area contributed by atoms with Gasteiger partial charge in [-0.05, 0) is 73.8 Å². The molecule has 1 aromatic carbocycles. The number of nitrogens with zero attached hydrogens (tertiary/aromatic N) is 3. The third kappa shape index (κ3) is 7.27. The number of nitrogens with one attached hydrogen (secondary N) is 1. The van der Waals surface area contributed by atoms with E-state index in [0.717, 1.165) is 82.5 Å². The summed E-state index contributed by atoms with van der Waals surface area (Å²) in [5, 5.41) is 4.46. The van der Waals surface area contributed by atoms with Gasteiger partial charge >= 0.3 is 0 Å². The van der Waals surface area contributed by atoms with Crippen LogP contribution in [-0.2, 0) is 4.79 Å². The van der Waals surface area contributed by atoms with Gasteiger partial charge in [0.1, 0.15) is 5.84 Å². The molecule has 204 valence electrons. The minimum atomic E-state index is 0.0464. The molecular weight excluding hydrogens is 492 g/mol. The van der Waals surface area contributed by atoms with Crippen LogP contribution in [0.3, 0.4) is 0 Å². The predicted molar refractivity (Wildman–Crippen MR) is 160 cm³/mol. The molecule has 1 amide bonds. The van der Waals surface area contributed by atoms with Crippen LogP contribution in [0, 0.1) is 6.92 Å². The molecule has 1 saturated heterocycles. The van der Waals surface area contributed by atoms with Crippen molar-refractivity contribution in [3.8, 4) is 0 Å². The average molecular weight is 535 g/mol.